The molecule has 35 heavy (non-hydrogen) atoms. The van der Waals surface area contributed by atoms with Crippen molar-refractivity contribution in [3.8, 4) is 0 Å². The number of aromatic nitrogens is 2. The van der Waals surface area contributed by atoms with Gasteiger partial charge < -0.3 is 10.6 Å². The van der Waals surface area contributed by atoms with Crippen molar-refractivity contribution in [1.29, 1.82) is 0 Å². The van der Waals surface area contributed by atoms with Gasteiger partial charge in [-0.2, -0.15) is 0 Å². The van der Waals surface area contributed by atoms with Gasteiger partial charge in [-0.25, -0.2) is 9.38 Å². The van der Waals surface area contributed by atoms with Crippen LogP contribution in [0, 0.1) is 13.8 Å². The van der Waals surface area contributed by atoms with Crippen LogP contribution >= 0.6 is 34.5 Å². The summed E-state index contributed by atoms with van der Waals surface area (Å²) in [5.41, 5.74) is 2.92. The highest BCUT2D eigenvalue weighted by Crippen LogP contribution is 2.27. The molecule has 4 rings (SSSR count). The molecule has 0 aliphatic heterocycles. The second-order valence-electron chi connectivity index (χ2n) is 8.05. The number of nitrogens with zero attached hydrogens (tertiary/aromatic N) is 2. The number of benzene rings is 2. The maximum Gasteiger partial charge on any atom is 0.274 e. The molecule has 4 aromatic rings. The predicted molar refractivity (Wildman–Crippen MR) is 142 cm³/mol. The summed E-state index contributed by atoms with van der Waals surface area (Å²) in [6.45, 7) is 5.80. The van der Waals surface area contributed by atoms with Gasteiger partial charge in [0.25, 0.3) is 17.4 Å². The van der Waals surface area contributed by atoms with E-state index in [-0.39, 0.29) is 15.5 Å². The zero-order valence-electron chi connectivity index (χ0n) is 19.2. The van der Waals surface area contributed by atoms with E-state index in [4.69, 9.17) is 23.2 Å². The Labute approximate surface area is 215 Å². The summed E-state index contributed by atoms with van der Waals surface area (Å²) in [5.74, 6) is -1.17. The molecule has 0 aliphatic carbocycles. The SMILES string of the molecule is CCCc1cc(=O)n2c(C(=O)Nc3cccc(C)c3C)c(C(=O)Nc3cc(Cl)cc(Cl)c3)sc2n1. The maximum atomic E-state index is 13.5. The minimum absolute atomic E-state index is 0.0437. The number of rotatable bonds is 6. The summed E-state index contributed by atoms with van der Waals surface area (Å²) in [5, 5.41) is 6.26. The number of nitrogens with one attached hydrogen (secondary N) is 2. The molecule has 2 heterocycles. The normalized spacial score (nSPS) is 11.0. The number of thiazole rings is 1. The van der Waals surface area contributed by atoms with Crippen molar-refractivity contribution in [1.82, 2.24) is 9.38 Å². The van der Waals surface area contributed by atoms with Crippen LogP contribution in [-0.4, -0.2) is 21.2 Å². The summed E-state index contributed by atoms with van der Waals surface area (Å²) in [6.07, 6.45) is 1.41. The van der Waals surface area contributed by atoms with E-state index in [1.54, 1.807) is 12.1 Å². The summed E-state index contributed by atoms with van der Waals surface area (Å²) in [4.78, 5) is 44.7. The Morgan fingerprint density at radius 2 is 1.74 bits per heavy atom. The molecule has 180 valence electrons. The minimum atomic E-state index is -0.591. The monoisotopic (exact) mass is 528 g/mol. The van der Waals surface area contributed by atoms with E-state index in [0.29, 0.717) is 33.5 Å². The maximum absolute atomic E-state index is 13.5. The second kappa shape index (κ2) is 10.2. The third kappa shape index (κ3) is 5.24. The van der Waals surface area contributed by atoms with Crippen LogP contribution in [0.25, 0.3) is 4.96 Å². The Hall–Kier alpha value is -3.20. The molecule has 2 aromatic heterocycles. The van der Waals surface area contributed by atoms with E-state index in [1.807, 2.05) is 32.9 Å². The zero-order chi connectivity index (χ0) is 25.3. The Kier molecular flexibility index (Phi) is 7.25. The number of hydrogen-bond donors (Lipinski definition) is 2. The number of halogens is 2. The van der Waals surface area contributed by atoms with Gasteiger partial charge in [0.15, 0.2) is 4.96 Å². The lowest BCUT2D eigenvalue weighted by Gasteiger charge is -2.11. The van der Waals surface area contributed by atoms with Crippen LogP contribution in [0.3, 0.4) is 0 Å². The molecule has 10 heteroatoms. The molecule has 0 saturated carbocycles. The highest BCUT2D eigenvalue weighted by atomic mass is 35.5. The van der Waals surface area contributed by atoms with Gasteiger partial charge in [0.05, 0.1) is 0 Å². The number of hydrogen-bond acceptors (Lipinski definition) is 5. The number of carbonyl (C=O) groups excluding carboxylic acids is 2. The first-order valence-corrected chi connectivity index (χ1v) is 12.5. The number of fused-ring (bicyclic) bond motifs is 1. The molecule has 2 amide bonds. The van der Waals surface area contributed by atoms with Crippen molar-refractivity contribution in [3.63, 3.8) is 0 Å². The van der Waals surface area contributed by atoms with E-state index >= 15 is 0 Å². The standard InChI is InChI=1S/C25H22Cl2N4O3S/c1-4-6-17-12-20(32)31-21(23(33)30-19-8-5-7-13(2)14(19)3)22(35-25(31)29-17)24(34)28-18-10-15(26)9-16(27)11-18/h5,7-12H,4,6H2,1-3H3,(H,28,34)(H,30,33). The molecular formula is C25H22Cl2N4O3S. The van der Waals surface area contributed by atoms with Crippen LogP contribution in [-0.2, 0) is 6.42 Å². The van der Waals surface area contributed by atoms with E-state index in [9.17, 15) is 14.4 Å². The fourth-order valence-corrected chi connectivity index (χ4v) is 5.22. The molecule has 0 unspecified atom stereocenters. The molecule has 0 fully saturated rings. The average molecular weight is 529 g/mol. The van der Waals surface area contributed by atoms with E-state index < -0.39 is 17.4 Å². The molecule has 0 aliphatic rings. The van der Waals surface area contributed by atoms with Crippen molar-refractivity contribution in [2.75, 3.05) is 10.6 Å². The molecule has 0 bridgehead atoms. The zero-order valence-corrected chi connectivity index (χ0v) is 21.6. The Morgan fingerprint density at radius 1 is 1.03 bits per heavy atom. The van der Waals surface area contributed by atoms with Gasteiger partial charge in [-0.1, -0.05) is 60.0 Å². The van der Waals surface area contributed by atoms with Gasteiger partial charge >= 0.3 is 0 Å². The summed E-state index contributed by atoms with van der Waals surface area (Å²) in [7, 11) is 0. The average Bonchev–Trinajstić information content (AvgIpc) is 3.17. The lowest BCUT2D eigenvalue weighted by atomic mass is 10.1. The summed E-state index contributed by atoms with van der Waals surface area (Å²) >= 11 is 13.1. The van der Waals surface area contributed by atoms with Crippen molar-refractivity contribution in [2.24, 2.45) is 0 Å². The number of anilines is 2. The molecule has 2 aromatic carbocycles. The molecule has 2 N–H and O–H groups in total. The van der Waals surface area contributed by atoms with E-state index in [1.165, 1.54) is 22.6 Å². The van der Waals surface area contributed by atoms with Crippen LogP contribution in [0.2, 0.25) is 10.0 Å². The van der Waals surface area contributed by atoms with Crippen molar-refractivity contribution in [2.45, 2.75) is 33.6 Å². The molecular weight excluding hydrogens is 507 g/mol. The Bertz CT molecular complexity index is 1510. The molecule has 0 radical (unpaired) electrons. The smallest absolute Gasteiger partial charge is 0.274 e. The number of aryl methyl sites for hydroxylation is 2. The third-order valence-electron chi connectivity index (χ3n) is 5.47. The quantitative estimate of drug-likeness (QED) is 0.314. The predicted octanol–water partition coefficient (Wildman–Crippen LogP) is 6.14. The first-order chi connectivity index (χ1) is 16.7. The highest BCUT2D eigenvalue weighted by Gasteiger charge is 2.27. The molecule has 0 atom stereocenters. The van der Waals surface area contributed by atoms with Crippen LogP contribution in [0.1, 0.15) is 50.3 Å². The topological polar surface area (TPSA) is 92.6 Å². The number of carbonyl (C=O) groups is 2. The van der Waals surface area contributed by atoms with Crippen LogP contribution in [0.5, 0.6) is 0 Å². The molecule has 0 saturated heterocycles. The third-order valence-corrected chi connectivity index (χ3v) is 6.95. The van der Waals surface area contributed by atoms with Crippen molar-refractivity contribution < 1.29 is 9.59 Å². The minimum Gasteiger partial charge on any atom is -0.321 e. The lowest BCUT2D eigenvalue weighted by molar-refractivity contribution is 0.0989. The summed E-state index contributed by atoms with van der Waals surface area (Å²) < 4.78 is 1.18. The van der Waals surface area contributed by atoms with Crippen LogP contribution in [0.15, 0.2) is 47.3 Å². The Morgan fingerprint density at radius 3 is 2.43 bits per heavy atom. The first kappa shape index (κ1) is 24.9. The van der Waals surface area contributed by atoms with Gasteiger partial charge in [0, 0.05) is 33.2 Å². The fourth-order valence-electron chi connectivity index (χ4n) is 3.65. The van der Waals surface area contributed by atoms with Crippen molar-refractivity contribution >= 4 is 62.7 Å². The lowest BCUT2D eigenvalue weighted by Crippen LogP contribution is -2.25. The molecule has 7 nitrogen and oxygen atoms in total. The van der Waals surface area contributed by atoms with Gasteiger partial charge in [-0.15, -0.1) is 0 Å². The largest absolute Gasteiger partial charge is 0.321 e. The van der Waals surface area contributed by atoms with Crippen LogP contribution < -0.4 is 16.2 Å². The van der Waals surface area contributed by atoms with Crippen molar-refractivity contribution in [3.05, 3.63) is 90.3 Å². The van der Waals surface area contributed by atoms with Gasteiger partial charge in [0.2, 0.25) is 0 Å². The molecule has 0 spiro atoms. The highest BCUT2D eigenvalue weighted by molar-refractivity contribution is 7.19. The first-order valence-electron chi connectivity index (χ1n) is 10.9. The van der Waals surface area contributed by atoms with E-state index in [0.717, 1.165) is 28.9 Å². The Balaban J connectivity index is 1.83. The summed E-state index contributed by atoms with van der Waals surface area (Å²) in [6, 6.07) is 11.5. The van der Waals surface area contributed by atoms with Gasteiger partial charge in [-0.05, 0) is 55.7 Å². The number of amides is 2. The van der Waals surface area contributed by atoms with Gasteiger partial charge in [0.1, 0.15) is 10.6 Å². The van der Waals surface area contributed by atoms with E-state index in [2.05, 4.69) is 15.6 Å². The van der Waals surface area contributed by atoms with Gasteiger partial charge in [-0.3, -0.25) is 14.4 Å². The van der Waals surface area contributed by atoms with Crippen LogP contribution in [0.4, 0.5) is 11.4 Å². The second-order valence-corrected chi connectivity index (χ2v) is 9.90. The fraction of sp³-hybridized carbons (Fsp3) is 0.200.